The predicted octanol–water partition coefficient (Wildman–Crippen LogP) is 2.97. The van der Waals surface area contributed by atoms with Gasteiger partial charge >= 0.3 is 0 Å². The third kappa shape index (κ3) is 3.59. The van der Waals surface area contributed by atoms with Crippen molar-refractivity contribution in [2.75, 3.05) is 13.7 Å². The topological polar surface area (TPSA) is 68.5 Å². The van der Waals surface area contributed by atoms with Crippen LogP contribution in [0.15, 0.2) is 34.9 Å². The minimum absolute atomic E-state index is 0.0237. The van der Waals surface area contributed by atoms with E-state index in [9.17, 15) is 4.79 Å². The van der Waals surface area contributed by atoms with E-state index in [4.69, 9.17) is 9.26 Å². The number of aromatic nitrogens is 2. The average molecular weight is 315 g/mol. The molecular weight excluding hydrogens is 294 g/mol. The highest BCUT2D eigenvalue weighted by Crippen LogP contribution is 2.29. The van der Waals surface area contributed by atoms with Crippen LogP contribution in [0.25, 0.3) is 0 Å². The summed E-state index contributed by atoms with van der Waals surface area (Å²) in [7, 11) is 1.58. The molecule has 0 saturated carbocycles. The van der Waals surface area contributed by atoms with E-state index in [1.165, 1.54) is 0 Å². The Bertz CT molecular complexity index is 642. The molecule has 0 spiro atoms. The maximum absolute atomic E-state index is 12.9. The van der Waals surface area contributed by atoms with Crippen molar-refractivity contribution in [2.24, 2.45) is 0 Å². The van der Waals surface area contributed by atoms with E-state index < -0.39 is 0 Å². The van der Waals surface area contributed by atoms with Crippen LogP contribution in [0.2, 0.25) is 0 Å². The zero-order valence-corrected chi connectivity index (χ0v) is 13.3. The number of hydrogen-bond acceptors (Lipinski definition) is 5. The molecule has 0 aliphatic carbocycles. The highest BCUT2D eigenvalue weighted by molar-refractivity contribution is 5.94. The van der Waals surface area contributed by atoms with E-state index in [0.717, 1.165) is 25.7 Å². The number of nitrogens with zero attached hydrogens (tertiary/aromatic N) is 3. The number of ether oxygens (including phenoxy) is 1. The smallest absolute Gasteiger partial charge is 0.254 e. The fourth-order valence-electron chi connectivity index (χ4n) is 2.95. The minimum atomic E-state index is -0.139. The number of amides is 1. The zero-order chi connectivity index (χ0) is 16.1. The number of hydrogen-bond donors (Lipinski definition) is 0. The van der Waals surface area contributed by atoms with Crippen molar-refractivity contribution in [3.05, 3.63) is 47.6 Å². The summed E-state index contributed by atoms with van der Waals surface area (Å²) >= 11 is 0. The molecule has 0 unspecified atom stereocenters. The predicted molar refractivity (Wildman–Crippen MR) is 83.7 cm³/mol. The first kappa shape index (κ1) is 15.7. The Kier molecular flexibility index (Phi) is 5.02. The summed E-state index contributed by atoms with van der Waals surface area (Å²) in [6, 6.07) is 9.22. The van der Waals surface area contributed by atoms with Crippen molar-refractivity contribution < 1.29 is 14.1 Å². The van der Waals surface area contributed by atoms with Gasteiger partial charge in [0.25, 0.3) is 11.8 Å². The van der Waals surface area contributed by atoms with Gasteiger partial charge in [0.1, 0.15) is 6.61 Å². The Labute approximate surface area is 135 Å². The third-order valence-electron chi connectivity index (χ3n) is 4.08. The van der Waals surface area contributed by atoms with Crippen LogP contribution >= 0.6 is 0 Å². The molecule has 1 aliphatic heterocycles. The van der Waals surface area contributed by atoms with Crippen molar-refractivity contribution >= 4 is 5.91 Å². The number of benzene rings is 1. The van der Waals surface area contributed by atoms with Crippen LogP contribution in [0.3, 0.4) is 0 Å². The zero-order valence-electron chi connectivity index (χ0n) is 13.3. The van der Waals surface area contributed by atoms with Gasteiger partial charge in [-0.25, -0.2) is 0 Å². The van der Waals surface area contributed by atoms with Crippen molar-refractivity contribution in [3.8, 4) is 0 Å². The summed E-state index contributed by atoms with van der Waals surface area (Å²) in [5.74, 6) is 1.04. The van der Waals surface area contributed by atoms with Gasteiger partial charge in [0.05, 0.1) is 6.04 Å². The van der Waals surface area contributed by atoms with E-state index in [-0.39, 0.29) is 18.6 Å². The molecule has 1 aliphatic rings. The summed E-state index contributed by atoms with van der Waals surface area (Å²) in [5, 5.41) is 4.07. The molecule has 6 heteroatoms. The van der Waals surface area contributed by atoms with Crippen LogP contribution in [0.5, 0.6) is 0 Å². The second-order valence-electron chi connectivity index (χ2n) is 5.71. The highest BCUT2D eigenvalue weighted by atomic mass is 16.5. The standard InChI is InChI=1S/C17H21N3O3/c1-22-12-15-18-16(19-23-15)14-10-6-3-7-11-20(14)17(21)13-8-4-2-5-9-13/h2,4-5,8-9,14H,3,6-7,10-12H2,1H3/t14-/m0/s1. The first-order chi connectivity index (χ1) is 11.3. The van der Waals surface area contributed by atoms with Crippen molar-refractivity contribution in [1.82, 2.24) is 15.0 Å². The molecule has 1 atom stereocenters. The van der Waals surface area contributed by atoms with Crippen LogP contribution in [-0.2, 0) is 11.3 Å². The summed E-state index contributed by atoms with van der Waals surface area (Å²) in [6.45, 7) is 0.999. The van der Waals surface area contributed by atoms with E-state index in [1.54, 1.807) is 7.11 Å². The molecule has 0 bridgehead atoms. The first-order valence-corrected chi connectivity index (χ1v) is 7.97. The van der Waals surface area contributed by atoms with Gasteiger partial charge in [-0.3, -0.25) is 4.79 Å². The molecule has 122 valence electrons. The molecule has 1 fully saturated rings. The maximum atomic E-state index is 12.9. The fraction of sp³-hybridized carbons (Fsp3) is 0.471. The van der Waals surface area contributed by atoms with E-state index in [2.05, 4.69) is 10.1 Å². The Balaban J connectivity index is 1.86. The number of likely N-dealkylation sites (tertiary alicyclic amines) is 1. The Morgan fingerprint density at radius 3 is 2.91 bits per heavy atom. The molecule has 6 nitrogen and oxygen atoms in total. The van der Waals surface area contributed by atoms with Gasteiger partial charge in [0.2, 0.25) is 0 Å². The Morgan fingerprint density at radius 2 is 2.13 bits per heavy atom. The second-order valence-corrected chi connectivity index (χ2v) is 5.71. The van der Waals surface area contributed by atoms with Gasteiger partial charge in [-0.2, -0.15) is 4.98 Å². The van der Waals surface area contributed by atoms with Gasteiger partial charge in [0.15, 0.2) is 5.82 Å². The number of rotatable bonds is 4. The molecule has 2 heterocycles. The van der Waals surface area contributed by atoms with Crippen LogP contribution in [0.1, 0.15) is 53.8 Å². The lowest BCUT2D eigenvalue weighted by atomic mass is 10.1. The molecule has 1 amide bonds. The SMILES string of the molecule is COCc1nc([C@@H]2CCCCCN2C(=O)c2ccccc2)no1. The molecule has 0 radical (unpaired) electrons. The lowest BCUT2D eigenvalue weighted by Gasteiger charge is -2.27. The first-order valence-electron chi connectivity index (χ1n) is 7.97. The van der Waals surface area contributed by atoms with Crippen LogP contribution in [0.4, 0.5) is 0 Å². The lowest BCUT2D eigenvalue weighted by Crippen LogP contribution is -2.35. The van der Waals surface area contributed by atoms with Gasteiger partial charge < -0.3 is 14.2 Å². The van der Waals surface area contributed by atoms with Crippen LogP contribution in [0, 0.1) is 0 Å². The van der Waals surface area contributed by atoms with Gasteiger partial charge in [-0.1, -0.05) is 36.2 Å². The molecule has 1 saturated heterocycles. The number of carbonyl (C=O) groups is 1. The molecule has 23 heavy (non-hydrogen) atoms. The molecule has 0 N–H and O–H groups in total. The second kappa shape index (κ2) is 7.37. The molecular formula is C17H21N3O3. The van der Waals surface area contributed by atoms with Crippen LogP contribution in [-0.4, -0.2) is 34.6 Å². The normalized spacial score (nSPS) is 18.7. The summed E-state index contributed by atoms with van der Waals surface area (Å²) in [4.78, 5) is 19.2. The quantitative estimate of drug-likeness (QED) is 0.867. The molecule has 3 rings (SSSR count). The van der Waals surface area contributed by atoms with Gasteiger partial charge in [0, 0.05) is 19.2 Å². The monoisotopic (exact) mass is 315 g/mol. The third-order valence-corrected chi connectivity index (χ3v) is 4.08. The van der Waals surface area contributed by atoms with E-state index in [0.29, 0.717) is 23.8 Å². The number of carbonyl (C=O) groups excluding carboxylic acids is 1. The van der Waals surface area contributed by atoms with Gasteiger partial charge in [-0.05, 0) is 25.0 Å². The largest absolute Gasteiger partial charge is 0.375 e. The van der Waals surface area contributed by atoms with Crippen molar-refractivity contribution in [2.45, 2.75) is 38.3 Å². The molecule has 1 aromatic heterocycles. The fourth-order valence-corrected chi connectivity index (χ4v) is 2.95. The Hall–Kier alpha value is -2.21. The van der Waals surface area contributed by atoms with Crippen molar-refractivity contribution in [3.63, 3.8) is 0 Å². The summed E-state index contributed by atoms with van der Waals surface area (Å²) in [5.41, 5.74) is 0.694. The Morgan fingerprint density at radius 1 is 1.30 bits per heavy atom. The maximum Gasteiger partial charge on any atom is 0.254 e. The minimum Gasteiger partial charge on any atom is -0.375 e. The van der Waals surface area contributed by atoms with Crippen molar-refractivity contribution in [1.29, 1.82) is 0 Å². The summed E-state index contributed by atoms with van der Waals surface area (Å²) in [6.07, 6.45) is 4.01. The number of methoxy groups -OCH3 is 1. The lowest BCUT2D eigenvalue weighted by molar-refractivity contribution is 0.0670. The highest BCUT2D eigenvalue weighted by Gasteiger charge is 2.30. The molecule has 1 aromatic carbocycles. The molecule has 2 aromatic rings. The summed E-state index contributed by atoms with van der Waals surface area (Å²) < 4.78 is 10.2. The van der Waals surface area contributed by atoms with Gasteiger partial charge in [-0.15, -0.1) is 0 Å². The average Bonchev–Trinajstić information content (AvgIpc) is 2.91. The van der Waals surface area contributed by atoms with E-state index in [1.807, 2.05) is 35.2 Å². The van der Waals surface area contributed by atoms with E-state index >= 15 is 0 Å². The van der Waals surface area contributed by atoms with Crippen LogP contribution < -0.4 is 0 Å².